The van der Waals surface area contributed by atoms with E-state index >= 15 is 0 Å². The van der Waals surface area contributed by atoms with Crippen molar-refractivity contribution in [1.82, 2.24) is 15.8 Å². The van der Waals surface area contributed by atoms with Crippen LogP contribution >= 0.6 is 0 Å². The summed E-state index contributed by atoms with van der Waals surface area (Å²) in [6.07, 6.45) is 1.56. The molecule has 0 saturated carbocycles. The van der Waals surface area contributed by atoms with Gasteiger partial charge < -0.3 is 0 Å². The van der Waals surface area contributed by atoms with Gasteiger partial charge >= 0.3 is 0 Å². The maximum absolute atomic E-state index is 12.1. The zero-order valence-corrected chi connectivity index (χ0v) is 13.6. The molecular formula is C18H19N3O3. The Hall–Kier alpha value is -3.02. The van der Waals surface area contributed by atoms with E-state index in [1.54, 1.807) is 18.2 Å². The van der Waals surface area contributed by atoms with Gasteiger partial charge in [0.25, 0.3) is 5.91 Å². The molecule has 6 heteroatoms. The number of amides is 2. The molecule has 0 bridgehead atoms. The molecule has 0 radical (unpaired) electrons. The third-order valence-corrected chi connectivity index (χ3v) is 3.62. The monoisotopic (exact) mass is 325 g/mol. The van der Waals surface area contributed by atoms with Crippen LogP contribution in [0.1, 0.15) is 44.8 Å². The van der Waals surface area contributed by atoms with Crippen LogP contribution in [0.4, 0.5) is 0 Å². The van der Waals surface area contributed by atoms with Gasteiger partial charge in [-0.3, -0.25) is 30.2 Å². The second kappa shape index (κ2) is 8.01. The van der Waals surface area contributed by atoms with Gasteiger partial charge in [-0.2, -0.15) is 0 Å². The number of ketones is 1. The number of carbonyl (C=O) groups excluding carboxylic acids is 3. The summed E-state index contributed by atoms with van der Waals surface area (Å²) in [4.78, 5) is 39.4. The van der Waals surface area contributed by atoms with Crippen molar-refractivity contribution in [3.63, 3.8) is 0 Å². The molecule has 0 atom stereocenters. The van der Waals surface area contributed by atoms with Crippen molar-refractivity contribution < 1.29 is 14.4 Å². The number of pyridine rings is 1. The Morgan fingerprint density at radius 1 is 0.958 bits per heavy atom. The van der Waals surface area contributed by atoms with Gasteiger partial charge in [0, 0.05) is 24.6 Å². The lowest BCUT2D eigenvalue weighted by Gasteiger charge is -2.07. The van der Waals surface area contributed by atoms with Gasteiger partial charge in [0.2, 0.25) is 5.91 Å². The Balaban J connectivity index is 1.79. The SMILES string of the molecule is Cc1ccc(C(=O)CCC(=O)NNC(=O)c2ccccn2)cc1C. The quantitative estimate of drug-likeness (QED) is 0.651. The predicted molar refractivity (Wildman–Crippen MR) is 89.3 cm³/mol. The van der Waals surface area contributed by atoms with E-state index in [9.17, 15) is 14.4 Å². The van der Waals surface area contributed by atoms with E-state index in [1.807, 2.05) is 26.0 Å². The zero-order valence-electron chi connectivity index (χ0n) is 13.6. The van der Waals surface area contributed by atoms with Crippen LogP contribution in [0.15, 0.2) is 42.6 Å². The van der Waals surface area contributed by atoms with Crippen LogP contribution in [0, 0.1) is 13.8 Å². The smallest absolute Gasteiger partial charge is 0.288 e. The molecule has 24 heavy (non-hydrogen) atoms. The van der Waals surface area contributed by atoms with Crippen LogP contribution in [0.2, 0.25) is 0 Å². The van der Waals surface area contributed by atoms with Crippen molar-refractivity contribution >= 4 is 17.6 Å². The third-order valence-electron chi connectivity index (χ3n) is 3.62. The Bertz CT molecular complexity index is 757. The Kier molecular flexibility index (Phi) is 5.78. The summed E-state index contributed by atoms with van der Waals surface area (Å²) in [5.74, 6) is -1.05. The molecule has 2 amide bonds. The summed E-state index contributed by atoms with van der Waals surface area (Å²) in [5, 5.41) is 0. The molecule has 0 aliphatic heterocycles. The van der Waals surface area contributed by atoms with Crippen molar-refractivity contribution in [2.24, 2.45) is 0 Å². The lowest BCUT2D eigenvalue weighted by molar-refractivity contribution is -0.121. The van der Waals surface area contributed by atoms with Crippen molar-refractivity contribution in [2.45, 2.75) is 26.7 Å². The summed E-state index contributed by atoms with van der Waals surface area (Å²) in [6, 6.07) is 10.4. The summed E-state index contributed by atoms with van der Waals surface area (Å²) < 4.78 is 0. The van der Waals surface area contributed by atoms with Gasteiger partial charge in [0.05, 0.1) is 0 Å². The highest BCUT2D eigenvalue weighted by Gasteiger charge is 2.11. The normalized spacial score (nSPS) is 10.1. The molecule has 0 aliphatic rings. The average molecular weight is 325 g/mol. The highest BCUT2D eigenvalue weighted by atomic mass is 16.2. The molecule has 2 rings (SSSR count). The highest BCUT2D eigenvalue weighted by Crippen LogP contribution is 2.12. The molecular weight excluding hydrogens is 306 g/mol. The first-order chi connectivity index (χ1) is 11.5. The number of aromatic nitrogens is 1. The zero-order chi connectivity index (χ0) is 17.5. The molecule has 0 spiro atoms. The molecule has 0 aliphatic carbocycles. The van der Waals surface area contributed by atoms with Gasteiger partial charge in [-0.15, -0.1) is 0 Å². The second-order valence-electron chi connectivity index (χ2n) is 5.44. The first kappa shape index (κ1) is 17.3. The third kappa shape index (κ3) is 4.74. The maximum atomic E-state index is 12.1. The lowest BCUT2D eigenvalue weighted by Crippen LogP contribution is -2.42. The fourth-order valence-electron chi connectivity index (χ4n) is 2.04. The topological polar surface area (TPSA) is 88.2 Å². The number of hydrazine groups is 1. The van der Waals surface area contributed by atoms with Gasteiger partial charge in [-0.05, 0) is 43.2 Å². The molecule has 1 aromatic carbocycles. The highest BCUT2D eigenvalue weighted by molar-refractivity contribution is 5.98. The van der Waals surface area contributed by atoms with Crippen molar-refractivity contribution in [3.8, 4) is 0 Å². The standard InChI is InChI=1S/C18H19N3O3/c1-12-6-7-14(11-13(12)2)16(22)8-9-17(23)20-21-18(24)15-5-3-4-10-19-15/h3-7,10-11H,8-9H2,1-2H3,(H,20,23)(H,21,24). The Morgan fingerprint density at radius 2 is 1.75 bits per heavy atom. The van der Waals surface area contributed by atoms with E-state index in [2.05, 4.69) is 15.8 Å². The minimum absolute atomic E-state index is 0.00570. The van der Waals surface area contributed by atoms with Crippen molar-refractivity contribution in [2.75, 3.05) is 0 Å². The number of carbonyl (C=O) groups is 3. The number of nitrogens with one attached hydrogen (secondary N) is 2. The fraction of sp³-hybridized carbons (Fsp3) is 0.222. The van der Waals surface area contributed by atoms with E-state index in [0.29, 0.717) is 5.56 Å². The van der Waals surface area contributed by atoms with E-state index in [0.717, 1.165) is 11.1 Å². The molecule has 0 unspecified atom stereocenters. The first-order valence-corrected chi connectivity index (χ1v) is 7.58. The fourth-order valence-corrected chi connectivity index (χ4v) is 2.04. The number of aryl methyl sites for hydroxylation is 2. The van der Waals surface area contributed by atoms with Crippen LogP contribution < -0.4 is 10.9 Å². The number of hydrogen-bond donors (Lipinski definition) is 2. The van der Waals surface area contributed by atoms with Gasteiger partial charge in [0.15, 0.2) is 5.78 Å². The van der Waals surface area contributed by atoms with Crippen LogP contribution in [0.25, 0.3) is 0 Å². The molecule has 0 saturated heterocycles. The Labute approximate surface area is 140 Å². The van der Waals surface area contributed by atoms with Crippen molar-refractivity contribution in [1.29, 1.82) is 0 Å². The molecule has 6 nitrogen and oxygen atoms in total. The lowest BCUT2D eigenvalue weighted by atomic mass is 10.0. The number of Topliss-reactive ketones (excluding diaryl/α,β-unsaturated/α-hetero) is 1. The molecule has 2 N–H and O–H groups in total. The average Bonchev–Trinajstić information content (AvgIpc) is 2.60. The summed E-state index contributed by atoms with van der Waals surface area (Å²) in [7, 11) is 0. The summed E-state index contributed by atoms with van der Waals surface area (Å²) in [5.41, 5.74) is 7.48. The molecule has 0 fully saturated rings. The van der Waals surface area contributed by atoms with Crippen LogP contribution in [-0.4, -0.2) is 22.6 Å². The van der Waals surface area contributed by atoms with Crippen LogP contribution in [0.3, 0.4) is 0 Å². The van der Waals surface area contributed by atoms with Crippen LogP contribution in [-0.2, 0) is 4.79 Å². The van der Waals surface area contributed by atoms with Crippen molar-refractivity contribution in [3.05, 3.63) is 65.0 Å². The van der Waals surface area contributed by atoms with Gasteiger partial charge in [-0.1, -0.05) is 18.2 Å². The number of rotatable bonds is 5. The number of benzene rings is 1. The summed E-state index contributed by atoms with van der Waals surface area (Å²) in [6.45, 7) is 3.91. The molecule has 2 aromatic rings. The van der Waals surface area contributed by atoms with E-state index in [4.69, 9.17) is 0 Å². The number of hydrogen-bond acceptors (Lipinski definition) is 4. The predicted octanol–water partition coefficient (Wildman–Crippen LogP) is 2.12. The maximum Gasteiger partial charge on any atom is 0.288 e. The first-order valence-electron chi connectivity index (χ1n) is 7.58. The van der Waals surface area contributed by atoms with Crippen LogP contribution in [0.5, 0.6) is 0 Å². The van der Waals surface area contributed by atoms with Gasteiger partial charge in [-0.25, -0.2) is 0 Å². The number of nitrogens with zero attached hydrogens (tertiary/aromatic N) is 1. The van der Waals surface area contributed by atoms with E-state index < -0.39 is 11.8 Å². The Morgan fingerprint density at radius 3 is 2.42 bits per heavy atom. The molecule has 1 aromatic heterocycles. The second-order valence-corrected chi connectivity index (χ2v) is 5.44. The molecule has 124 valence electrons. The molecule has 1 heterocycles. The minimum atomic E-state index is -0.510. The van der Waals surface area contributed by atoms with E-state index in [-0.39, 0.29) is 24.3 Å². The van der Waals surface area contributed by atoms with Gasteiger partial charge in [0.1, 0.15) is 5.69 Å². The summed E-state index contributed by atoms with van der Waals surface area (Å²) >= 11 is 0. The minimum Gasteiger partial charge on any atom is -0.294 e. The largest absolute Gasteiger partial charge is 0.294 e. The van der Waals surface area contributed by atoms with E-state index in [1.165, 1.54) is 12.3 Å².